The van der Waals surface area contributed by atoms with E-state index < -0.39 is 5.79 Å². The van der Waals surface area contributed by atoms with Crippen molar-refractivity contribution in [2.75, 3.05) is 0 Å². The summed E-state index contributed by atoms with van der Waals surface area (Å²) in [7, 11) is 0. The van der Waals surface area contributed by atoms with Crippen LogP contribution in [0.5, 0.6) is 0 Å². The molecule has 2 heteroatoms. The lowest BCUT2D eigenvalue weighted by Crippen LogP contribution is -2.33. The van der Waals surface area contributed by atoms with E-state index in [1.165, 1.54) is 6.92 Å². The van der Waals surface area contributed by atoms with Crippen LogP contribution in [0, 0.1) is 17.8 Å². The molecule has 0 aromatic heterocycles. The summed E-state index contributed by atoms with van der Waals surface area (Å²) < 4.78 is 0. The molecule has 0 aliphatic rings. The van der Waals surface area contributed by atoms with Gasteiger partial charge in [-0.25, -0.2) is 0 Å². The molecule has 0 aromatic rings. The maximum Gasteiger partial charge on any atom is 0.162 e. The van der Waals surface area contributed by atoms with Crippen molar-refractivity contribution >= 4 is 0 Å². The van der Waals surface area contributed by atoms with Crippen molar-refractivity contribution in [3.8, 4) is 0 Å². The molecule has 80 valence electrons. The second kappa shape index (κ2) is 4.97. The minimum absolute atomic E-state index is 0.0588. The molecule has 3 atom stereocenters. The van der Waals surface area contributed by atoms with Crippen LogP contribution in [-0.4, -0.2) is 16.0 Å². The highest BCUT2D eigenvalue weighted by Crippen LogP contribution is 2.27. The van der Waals surface area contributed by atoms with Crippen LogP contribution in [0.2, 0.25) is 0 Å². The van der Waals surface area contributed by atoms with E-state index in [-0.39, 0.29) is 5.92 Å². The standard InChI is InChI=1S/C11H24O2/c1-6-8(2)9(3)7-10(4)11(5,12)13/h8-10,12-13H,6-7H2,1-5H3. The van der Waals surface area contributed by atoms with E-state index in [9.17, 15) is 10.2 Å². The molecule has 0 aliphatic carbocycles. The molecule has 0 aromatic carbocycles. The number of rotatable bonds is 5. The Morgan fingerprint density at radius 2 is 1.54 bits per heavy atom. The van der Waals surface area contributed by atoms with Crippen molar-refractivity contribution < 1.29 is 10.2 Å². The normalized spacial score (nSPS) is 19.6. The number of aliphatic hydroxyl groups is 2. The van der Waals surface area contributed by atoms with Crippen LogP contribution >= 0.6 is 0 Å². The van der Waals surface area contributed by atoms with Gasteiger partial charge in [-0.2, -0.15) is 0 Å². The second-order valence-corrected chi connectivity index (χ2v) is 4.59. The van der Waals surface area contributed by atoms with Crippen LogP contribution in [0.3, 0.4) is 0 Å². The molecule has 2 N–H and O–H groups in total. The van der Waals surface area contributed by atoms with E-state index in [0.717, 1.165) is 12.8 Å². The fraction of sp³-hybridized carbons (Fsp3) is 1.00. The van der Waals surface area contributed by atoms with E-state index in [1.807, 2.05) is 6.92 Å². The Labute approximate surface area is 82.0 Å². The summed E-state index contributed by atoms with van der Waals surface area (Å²) in [4.78, 5) is 0. The molecule has 0 spiro atoms. The van der Waals surface area contributed by atoms with Crippen molar-refractivity contribution in [1.82, 2.24) is 0 Å². The molecule has 0 radical (unpaired) electrons. The summed E-state index contributed by atoms with van der Waals surface area (Å²) >= 11 is 0. The van der Waals surface area contributed by atoms with Crippen molar-refractivity contribution in [3.63, 3.8) is 0 Å². The van der Waals surface area contributed by atoms with E-state index in [1.54, 1.807) is 0 Å². The van der Waals surface area contributed by atoms with Crippen LogP contribution in [-0.2, 0) is 0 Å². The summed E-state index contributed by atoms with van der Waals surface area (Å²) in [6.45, 7) is 9.91. The lowest BCUT2D eigenvalue weighted by Gasteiger charge is -2.29. The Balaban J connectivity index is 3.98. The highest BCUT2D eigenvalue weighted by molar-refractivity contribution is 4.71. The zero-order valence-corrected chi connectivity index (χ0v) is 9.54. The SMILES string of the molecule is CCC(C)C(C)CC(C)C(C)(O)O. The Hall–Kier alpha value is -0.0800. The van der Waals surface area contributed by atoms with Gasteiger partial charge in [-0.3, -0.25) is 0 Å². The molecule has 2 nitrogen and oxygen atoms in total. The van der Waals surface area contributed by atoms with Crippen LogP contribution in [0.15, 0.2) is 0 Å². The van der Waals surface area contributed by atoms with Gasteiger partial charge in [0.15, 0.2) is 5.79 Å². The zero-order valence-electron chi connectivity index (χ0n) is 9.54. The highest BCUT2D eigenvalue weighted by Gasteiger charge is 2.27. The summed E-state index contributed by atoms with van der Waals surface area (Å²) in [6, 6.07) is 0. The average Bonchev–Trinajstić information content (AvgIpc) is 2.01. The van der Waals surface area contributed by atoms with Gasteiger partial charge < -0.3 is 10.2 Å². The minimum Gasteiger partial charge on any atom is -0.366 e. The quantitative estimate of drug-likeness (QED) is 0.650. The van der Waals surface area contributed by atoms with Crippen LogP contribution in [0.4, 0.5) is 0 Å². The van der Waals surface area contributed by atoms with Gasteiger partial charge in [-0.05, 0) is 25.2 Å². The van der Waals surface area contributed by atoms with Crippen molar-refractivity contribution in [3.05, 3.63) is 0 Å². The highest BCUT2D eigenvalue weighted by atomic mass is 16.5. The molecular weight excluding hydrogens is 164 g/mol. The van der Waals surface area contributed by atoms with Gasteiger partial charge in [0.05, 0.1) is 0 Å². The molecule has 3 unspecified atom stereocenters. The van der Waals surface area contributed by atoms with Crippen molar-refractivity contribution in [1.29, 1.82) is 0 Å². The van der Waals surface area contributed by atoms with Gasteiger partial charge in [0, 0.05) is 5.92 Å². The molecule has 0 saturated carbocycles. The molecule has 0 heterocycles. The summed E-state index contributed by atoms with van der Waals surface area (Å²) in [6.07, 6.45) is 2.03. The Bertz CT molecular complexity index is 138. The summed E-state index contributed by atoms with van der Waals surface area (Å²) in [5.74, 6) is -0.373. The van der Waals surface area contributed by atoms with Crippen LogP contribution in [0.1, 0.15) is 47.5 Å². The van der Waals surface area contributed by atoms with Gasteiger partial charge in [0.1, 0.15) is 0 Å². The molecule has 0 aliphatic heterocycles. The average molecular weight is 188 g/mol. The maximum absolute atomic E-state index is 9.35. The lowest BCUT2D eigenvalue weighted by molar-refractivity contribution is -0.185. The molecular formula is C11H24O2. The Morgan fingerprint density at radius 3 is 1.85 bits per heavy atom. The monoisotopic (exact) mass is 188 g/mol. The summed E-state index contributed by atoms with van der Waals surface area (Å²) in [5, 5.41) is 18.7. The van der Waals surface area contributed by atoms with Gasteiger partial charge >= 0.3 is 0 Å². The molecule has 0 amide bonds. The van der Waals surface area contributed by atoms with E-state index in [4.69, 9.17) is 0 Å². The van der Waals surface area contributed by atoms with Crippen molar-refractivity contribution in [2.45, 2.75) is 53.2 Å². The lowest BCUT2D eigenvalue weighted by atomic mass is 9.83. The van der Waals surface area contributed by atoms with Crippen LogP contribution < -0.4 is 0 Å². The van der Waals surface area contributed by atoms with E-state index in [2.05, 4.69) is 20.8 Å². The third kappa shape index (κ3) is 4.63. The van der Waals surface area contributed by atoms with E-state index in [0.29, 0.717) is 11.8 Å². The van der Waals surface area contributed by atoms with Gasteiger partial charge in [0.25, 0.3) is 0 Å². The van der Waals surface area contributed by atoms with E-state index >= 15 is 0 Å². The predicted octanol–water partition coefficient (Wildman–Crippen LogP) is 2.40. The van der Waals surface area contributed by atoms with Gasteiger partial charge in [-0.1, -0.05) is 34.1 Å². The minimum atomic E-state index is -1.53. The first-order valence-electron chi connectivity index (χ1n) is 5.23. The van der Waals surface area contributed by atoms with Gasteiger partial charge in [-0.15, -0.1) is 0 Å². The Morgan fingerprint density at radius 1 is 1.08 bits per heavy atom. The third-order valence-electron chi connectivity index (χ3n) is 3.27. The third-order valence-corrected chi connectivity index (χ3v) is 3.27. The molecule has 0 saturated heterocycles. The number of hydrogen-bond donors (Lipinski definition) is 2. The summed E-state index contributed by atoms with van der Waals surface area (Å²) in [5.41, 5.74) is 0. The van der Waals surface area contributed by atoms with Crippen molar-refractivity contribution in [2.24, 2.45) is 17.8 Å². The number of hydrogen-bond acceptors (Lipinski definition) is 2. The first kappa shape index (κ1) is 12.9. The predicted molar refractivity (Wildman–Crippen MR) is 55.2 cm³/mol. The fourth-order valence-electron chi connectivity index (χ4n) is 1.42. The zero-order chi connectivity index (χ0) is 10.6. The first-order valence-corrected chi connectivity index (χ1v) is 5.23. The van der Waals surface area contributed by atoms with Crippen LogP contribution in [0.25, 0.3) is 0 Å². The molecule has 0 rings (SSSR count). The molecule has 0 fully saturated rings. The second-order valence-electron chi connectivity index (χ2n) is 4.59. The maximum atomic E-state index is 9.35. The largest absolute Gasteiger partial charge is 0.366 e. The van der Waals surface area contributed by atoms with Gasteiger partial charge in [0.2, 0.25) is 0 Å². The molecule has 0 bridgehead atoms. The smallest absolute Gasteiger partial charge is 0.162 e. The fourth-order valence-corrected chi connectivity index (χ4v) is 1.42. The topological polar surface area (TPSA) is 40.5 Å². The Kier molecular flexibility index (Phi) is 4.93. The molecule has 13 heavy (non-hydrogen) atoms. The first-order chi connectivity index (χ1) is 5.79.